The fourth-order valence-corrected chi connectivity index (χ4v) is 5.78. The van der Waals surface area contributed by atoms with E-state index in [4.69, 9.17) is 4.74 Å². The number of hydrogen-bond donors (Lipinski definition) is 1. The van der Waals surface area contributed by atoms with Gasteiger partial charge in [0.05, 0.1) is 12.6 Å². The van der Waals surface area contributed by atoms with Gasteiger partial charge in [-0.3, -0.25) is 9.69 Å². The monoisotopic (exact) mass is 458 g/mol. The molecule has 2 fully saturated rings. The lowest BCUT2D eigenvalue weighted by atomic mass is 9.78. The summed E-state index contributed by atoms with van der Waals surface area (Å²) in [6.45, 7) is 2.35. The first-order valence-electron chi connectivity index (χ1n) is 12.1. The van der Waals surface area contributed by atoms with Gasteiger partial charge in [0.1, 0.15) is 11.6 Å². The van der Waals surface area contributed by atoms with Gasteiger partial charge in [0.25, 0.3) is 0 Å². The van der Waals surface area contributed by atoms with E-state index in [-0.39, 0.29) is 23.2 Å². The average molecular weight is 459 g/mol. The molecule has 2 saturated heterocycles. The van der Waals surface area contributed by atoms with Crippen molar-refractivity contribution < 1.29 is 13.9 Å². The highest BCUT2D eigenvalue weighted by atomic mass is 19.1. The maximum absolute atomic E-state index is 14.4. The zero-order valence-electron chi connectivity index (χ0n) is 19.6. The molecular formula is C29H31FN2O2. The van der Waals surface area contributed by atoms with Crippen LogP contribution in [0.15, 0.2) is 72.8 Å². The number of amides is 1. The Morgan fingerprint density at radius 3 is 2.74 bits per heavy atom. The van der Waals surface area contributed by atoms with Crippen molar-refractivity contribution in [2.24, 2.45) is 0 Å². The van der Waals surface area contributed by atoms with Gasteiger partial charge in [0, 0.05) is 43.1 Å². The van der Waals surface area contributed by atoms with E-state index in [1.54, 1.807) is 13.2 Å². The molecule has 0 bridgehead atoms. The second-order valence-corrected chi connectivity index (χ2v) is 9.56. The van der Waals surface area contributed by atoms with Crippen LogP contribution in [0.3, 0.4) is 0 Å². The molecule has 2 heterocycles. The summed E-state index contributed by atoms with van der Waals surface area (Å²) in [5.74, 6) is 0.937. The molecule has 1 amide bonds. The Hall–Kier alpha value is -3.18. The summed E-state index contributed by atoms with van der Waals surface area (Å²) >= 11 is 0. The van der Waals surface area contributed by atoms with Crippen LogP contribution in [0.4, 0.5) is 4.39 Å². The number of halogens is 1. The van der Waals surface area contributed by atoms with Crippen molar-refractivity contribution in [3.63, 3.8) is 0 Å². The molecule has 3 aromatic rings. The lowest BCUT2D eigenvalue weighted by Gasteiger charge is -2.35. The molecule has 0 aliphatic carbocycles. The van der Waals surface area contributed by atoms with Gasteiger partial charge in [-0.2, -0.15) is 0 Å². The number of methoxy groups -OCH3 is 1. The highest BCUT2D eigenvalue weighted by Crippen LogP contribution is 2.44. The number of para-hydroxylation sites is 1. The molecule has 0 saturated carbocycles. The lowest BCUT2D eigenvalue weighted by molar-refractivity contribution is -0.122. The van der Waals surface area contributed by atoms with Crippen LogP contribution in [0, 0.1) is 5.82 Å². The summed E-state index contributed by atoms with van der Waals surface area (Å²) < 4.78 is 20.1. The molecular weight excluding hydrogens is 427 g/mol. The minimum Gasteiger partial charge on any atom is -0.496 e. The zero-order chi connectivity index (χ0) is 23.5. The third-order valence-electron chi connectivity index (χ3n) is 7.31. The fraction of sp³-hybridized carbons (Fsp3) is 0.345. The second-order valence-electron chi connectivity index (χ2n) is 9.56. The number of benzene rings is 3. The molecule has 2 atom stereocenters. The maximum atomic E-state index is 14.4. The number of likely N-dealkylation sites (tertiary alicyclic amines) is 1. The molecule has 176 valence electrons. The van der Waals surface area contributed by atoms with Crippen LogP contribution < -0.4 is 10.1 Å². The molecule has 0 radical (unpaired) electrons. The Labute approximate surface area is 200 Å². The third kappa shape index (κ3) is 4.45. The van der Waals surface area contributed by atoms with Crippen molar-refractivity contribution in [1.82, 2.24) is 10.2 Å². The van der Waals surface area contributed by atoms with E-state index in [0.29, 0.717) is 12.0 Å². The van der Waals surface area contributed by atoms with Crippen molar-refractivity contribution in [3.8, 4) is 16.9 Å². The Balaban J connectivity index is 1.45. The summed E-state index contributed by atoms with van der Waals surface area (Å²) in [4.78, 5) is 15.1. The molecule has 5 rings (SSSR count). The van der Waals surface area contributed by atoms with Gasteiger partial charge in [-0.15, -0.1) is 0 Å². The minimum absolute atomic E-state index is 0.139. The van der Waals surface area contributed by atoms with Gasteiger partial charge in [-0.1, -0.05) is 61.0 Å². The normalized spacial score (nSPS) is 23.0. The Morgan fingerprint density at radius 1 is 1.06 bits per heavy atom. The highest BCUT2D eigenvalue weighted by molar-refractivity contribution is 5.77. The molecule has 1 spiro atoms. The molecule has 5 heteroatoms. The van der Waals surface area contributed by atoms with Gasteiger partial charge in [-0.05, 0) is 42.2 Å². The molecule has 0 aromatic heterocycles. The molecule has 4 nitrogen and oxygen atoms in total. The average Bonchev–Trinajstić information content (AvgIpc) is 3.07. The minimum atomic E-state index is -0.314. The smallest absolute Gasteiger partial charge is 0.220 e. The summed E-state index contributed by atoms with van der Waals surface area (Å²) in [5.41, 5.74) is 3.47. The van der Waals surface area contributed by atoms with Crippen LogP contribution >= 0.6 is 0 Å². The van der Waals surface area contributed by atoms with Crippen LogP contribution in [-0.4, -0.2) is 36.5 Å². The van der Waals surface area contributed by atoms with Crippen LogP contribution in [0.1, 0.15) is 42.7 Å². The topological polar surface area (TPSA) is 41.6 Å². The molecule has 3 aromatic carbocycles. The van der Waals surface area contributed by atoms with E-state index >= 15 is 0 Å². The standard InChI is InChI=1S/C29H31FN2O2/c1-34-27-14-5-3-12-24(27)25-19-32(20-29(25)16-7-6-15-28(33)31-29)18-21-9-8-10-22(17-21)23-11-2-4-13-26(23)30/h2-5,8-14,17,25H,6-7,15-16,18-20H2,1H3,(H,31,33)/t25-,29+/m0/s1. The highest BCUT2D eigenvalue weighted by Gasteiger charge is 2.49. The zero-order valence-corrected chi connectivity index (χ0v) is 19.6. The number of nitrogens with zero attached hydrogens (tertiary/aromatic N) is 1. The number of nitrogens with one attached hydrogen (secondary N) is 1. The molecule has 2 aliphatic rings. The van der Waals surface area contributed by atoms with E-state index < -0.39 is 0 Å². The third-order valence-corrected chi connectivity index (χ3v) is 7.31. The quantitative estimate of drug-likeness (QED) is 0.547. The van der Waals surface area contributed by atoms with E-state index in [9.17, 15) is 9.18 Å². The summed E-state index contributed by atoms with van der Waals surface area (Å²) in [6.07, 6.45) is 3.50. The van der Waals surface area contributed by atoms with Crippen LogP contribution in [0.2, 0.25) is 0 Å². The number of ether oxygens (including phenoxy) is 1. The SMILES string of the molecule is COc1ccccc1[C@@H]1CN(Cc2cccc(-c3ccccc3F)c2)C[C@]12CCCCC(=O)N2. The predicted octanol–water partition coefficient (Wildman–Crippen LogP) is 5.53. The Morgan fingerprint density at radius 2 is 1.88 bits per heavy atom. The van der Waals surface area contributed by atoms with Crippen molar-refractivity contribution in [2.75, 3.05) is 20.2 Å². The number of carbonyl (C=O) groups excluding carboxylic acids is 1. The first-order valence-corrected chi connectivity index (χ1v) is 12.1. The summed E-state index contributed by atoms with van der Waals surface area (Å²) in [5, 5.41) is 3.43. The summed E-state index contributed by atoms with van der Waals surface area (Å²) in [6, 6.07) is 23.2. The Bertz CT molecular complexity index is 1180. The molecule has 34 heavy (non-hydrogen) atoms. The van der Waals surface area contributed by atoms with E-state index in [1.807, 2.05) is 42.5 Å². The van der Waals surface area contributed by atoms with E-state index in [2.05, 4.69) is 28.4 Å². The predicted molar refractivity (Wildman–Crippen MR) is 132 cm³/mol. The summed E-state index contributed by atoms with van der Waals surface area (Å²) in [7, 11) is 1.71. The number of hydrogen-bond acceptors (Lipinski definition) is 3. The van der Waals surface area contributed by atoms with Gasteiger partial charge in [0.2, 0.25) is 5.91 Å². The largest absolute Gasteiger partial charge is 0.496 e. The molecule has 1 N–H and O–H groups in total. The van der Waals surface area contributed by atoms with Gasteiger partial charge >= 0.3 is 0 Å². The van der Waals surface area contributed by atoms with Crippen LogP contribution in [0.5, 0.6) is 5.75 Å². The number of carbonyl (C=O) groups is 1. The fourth-order valence-electron chi connectivity index (χ4n) is 5.78. The van der Waals surface area contributed by atoms with Crippen molar-refractivity contribution in [1.29, 1.82) is 0 Å². The molecule has 2 aliphatic heterocycles. The molecule has 0 unspecified atom stereocenters. The number of rotatable bonds is 5. The first-order chi connectivity index (χ1) is 16.6. The Kier molecular flexibility index (Phi) is 6.38. The second kappa shape index (κ2) is 9.59. The lowest BCUT2D eigenvalue weighted by Crippen LogP contribution is -2.52. The van der Waals surface area contributed by atoms with Crippen LogP contribution in [-0.2, 0) is 11.3 Å². The van der Waals surface area contributed by atoms with Crippen molar-refractivity contribution in [2.45, 2.75) is 43.7 Å². The van der Waals surface area contributed by atoms with E-state index in [0.717, 1.165) is 61.3 Å². The van der Waals surface area contributed by atoms with Crippen molar-refractivity contribution in [3.05, 3.63) is 89.7 Å². The van der Waals surface area contributed by atoms with Gasteiger partial charge in [0.15, 0.2) is 0 Å². The van der Waals surface area contributed by atoms with Gasteiger partial charge < -0.3 is 10.1 Å². The van der Waals surface area contributed by atoms with E-state index in [1.165, 1.54) is 6.07 Å². The maximum Gasteiger partial charge on any atom is 0.220 e. The van der Waals surface area contributed by atoms with Crippen LogP contribution in [0.25, 0.3) is 11.1 Å². The first kappa shape index (κ1) is 22.6. The van der Waals surface area contributed by atoms with Crippen molar-refractivity contribution >= 4 is 5.91 Å². The van der Waals surface area contributed by atoms with Gasteiger partial charge in [-0.25, -0.2) is 4.39 Å².